The van der Waals surface area contributed by atoms with Crippen LogP contribution in [0, 0.1) is 22.6 Å². The maximum Gasteiger partial charge on any atom is 0.124 e. The van der Waals surface area contributed by atoms with Gasteiger partial charge in [-0.3, -0.25) is 0 Å². The molecule has 1 heterocycles. The topological polar surface area (TPSA) is 56.5 Å². The van der Waals surface area contributed by atoms with Gasteiger partial charge in [0, 0.05) is 31.5 Å². The van der Waals surface area contributed by atoms with Crippen LogP contribution in [0.15, 0.2) is 18.2 Å². The number of aliphatic hydroxyl groups excluding tert-OH is 1. The number of hydrogen-bond donors (Lipinski definition) is 1. The van der Waals surface area contributed by atoms with Gasteiger partial charge < -0.3 is 14.7 Å². The molecule has 1 aliphatic heterocycles. The molecule has 0 aromatic heterocycles. The number of benzene rings is 1. The average molecular weight is 304 g/mol. The number of nitriles is 1. The van der Waals surface area contributed by atoms with E-state index in [0.29, 0.717) is 18.6 Å². The van der Waals surface area contributed by atoms with Gasteiger partial charge in [0.2, 0.25) is 0 Å². The quantitative estimate of drug-likeness (QED) is 0.932. The van der Waals surface area contributed by atoms with Crippen molar-refractivity contribution in [3.63, 3.8) is 0 Å². The third-order valence-corrected chi connectivity index (χ3v) is 5.22. The van der Waals surface area contributed by atoms with Gasteiger partial charge in [-0.15, -0.1) is 0 Å². The highest BCUT2D eigenvalue weighted by atomic mass is 19.1. The molecule has 22 heavy (non-hydrogen) atoms. The van der Waals surface area contributed by atoms with Crippen molar-refractivity contribution in [1.29, 1.82) is 5.26 Å². The van der Waals surface area contributed by atoms with Crippen LogP contribution in [0.2, 0.25) is 0 Å². The average Bonchev–Trinajstić information content (AvgIpc) is 2.55. The zero-order valence-electron chi connectivity index (χ0n) is 12.8. The molecule has 118 valence electrons. The van der Waals surface area contributed by atoms with Gasteiger partial charge in [-0.25, -0.2) is 4.39 Å². The molecule has 1 N–H and O–H groups in total. The Bertz CT molecular complexity index is 589. The number of anilines is 1. The van der Waals surface area contributed by atoms with Gasteiger partial charge in [0.15, 0.2) is 0 Å². The molecule has 1 aliphatic carbocycles. The largest absolute Gasteiger partial charge is 0.392 e. The number of piperidine rings is 1. The second-order valence-electron chi connectivity index (χ2n) is 6.19. The Morgan fingerprint density at radius 3 is 2.77 bits per heavy atom. The maximum atomic E-state index is 13.3. The summed E-state index contributed by atoms with van der Waals surface area (Å²) in [6.07, 6.45) is 2.23. The van der Waals surface area contributed by atoms with Crippen LogP contribution >= 0.6 is 0 Å². The van der Waals surface area contributed by atoms with Crippen LogP contribution in [0.3, 0.4) is 0 Å². The molecule has 0 radical (unpaired) electrons. The summed E-state index contributed by atoms with van der Waals surface area (Å²) in [6, 6.07) is 6.40. The minimum Gasteiger partial charge on any atom is -0.392 e. The first-order valence-electron chi connectivity index (χ1n) is 7.85. The number of nitrogens with zero attached hydrogens (tertiary/aromatic N) is 2. The summed E-state index contributed by atoms with van der Waals surface area (Å²) in [4.78, 5) is 2.11. The third-order valence-electron chi connectivity index (χ3n) is 5.22. The Balaban J connectivity index is 1.74. The van der Waals surface area contributed by atoms with E-state index in [4.69, 9.17) is 4.74 Å². The molecular formula is C17H21FN2O2. The van der Waals surface area contributed by atoms with Crippen molar-refractivity contribution in [3.8, 4) is 6.07 Å². The lowest BCUT2D eigenvalue weighted by molar-refractivity contribution is -0.199. The number of halogens is 1. The lowest BCUT2D eigenvalue weighted by Crippen LogP contribution is -2.62. The minimum atomic E-state index is -0.389. The first-order chi connectivity index (χ1) is 10.6. The second kappa shape index (κ2) is 5.86. The van der Waals surface area contributed by atoms with E-state index in [9.17, 15) is 14.8 Å². The van der Waals surface area contributed by atoms with E-state index >= 15 is 0 Å². The van der Waals surface area contributed by atoms with E-state index in [0.717, 1.165) is 31.6 Å². The molecular weight excluding hydrogens is 283 g/mol. The van der Waals surface area contributed by atoms with Crippen molar-refractivity contribution in [2.75, 3.05) is 24.6 Å². The van der Waals surface area contributed by atoms with Crippen LogP contribution in [-0.2, 0) is 4.74 Å². The summed E-state index contributed by atoms with van der Waals surface area (Å²) in [5.74, 6) is -0.389. The predicted octanol–water partition coefficient (Wildman–Crippen LogP) is 2.45. The number of ether oxygens (including phenoxy) is 1. The summed E-state index contributed by atoms with van der Waals surface area (Å²) in [6.45, 7) is 4.15. The summed E-state index contributed by atoms with van der Waals surface area (Å²) in [7, 11) is 0. The van der Waals surface area contributed by atoms with Gasteiger partial charge in [0.1, 0.15) is 11.9 Å². The molecule has 2 atom stereocenters. The van der Waals surface area contributed by atoms with Gasteiger partial charge in [-0.05, 0) is 38.0 Å². The van der Waals surface area contributed by atoms with E-state index < -0.39 is 0 Å². The van der Waals surface area contributed by atoms with Gasteiger partial charge in [-0.2, -0.15) is 5.26 Å². The second-order valence-corrected chi connectivity index (χ2v) is 6.19. The molecule has 5 heteroatoms. The van der Waals surface area contributed by atoms with Crippen LogP contribution < -0.4 is 4.90 Å². The maximum absolute atomic E-state index is 13.3. The van der Waals surface area contributed by atoms with Crippen LogP contribution in [-0.4, -0.2) is 37.0 Å². The Morgan fingerprint density at radius 1 is 1.45 bits per heavy atom. The predicted molar refractivity (Wildman–Crippen MR) is 81.0 cm³/mol. The molecule has 0 unspecified atom stereocenters. The fourth-order valence-corrected chi connectivity index (χ4v) is 3.85. The molecule has 3 rings (SSSR count). The highest BCUT2D eigenvalue weighted by molar-refractivity contribution is 5.59. The molecule has 2 aliphatic rings. The number of rotatable bonds is 3. The van der Waals surface area contributed by atoms with E-state index in [1.165, 1.54) is 12.1 Å². The highest BCUT2D eigenvalue weighted by Crippen LogP contribution is 2.51. The number of aliphatic hydroxyl groups is 1. The van der Waals surface area contributed by atoms with Crippen molar-refractivity contribution in [3.05, 3.63) is 29.6 Å². The molecule has 1 aromatic carbocycles. The van der Waals surface area contributed by atoms with Gasteiger partial charge in [0.25, 0.3) is 0 Å². The fourth-order valence-electron chi connectivity index (χ4n) is 3.85. The van der Waals surface area contributed by atoms with E-state index in [1.54, 1.807) is 6.07 Å². The smallest absolute Gasteiger partial charge is 0.124 e. The summed E-state index contributed by atoms with van der Waals surface area (Å²) in [5.41, 5.74) is 1.01. The molecule has 1 saturated heterocycles. The summed E-state index contributed by atoms with van der Waals surface area (Å²) in [5, 5.41) is 19.4. The lowest BCUT2D eigenvalue weighted by atomic mass is 9.58. The van der Waals surface area contributed by atoms with Crippen molar-refractivity contribution < 1.29 is 14.2 Å². The van der Waals surface area contributed by atoms with E-state index in [1.807, 2.05) is 6.92 Å². The minimum absolute atomic E-state index is 0.137. The van der Waals surface area contributed by atoms with Crippen molar-refractivity contribution >= 4 is 5.69 Å². The van der Waals surface area contributed by atoms with Crippen LogP contribution in [0.4, 0.5) is 10.1 Å². The monoisotopic (exact) mass is 304 g/mol. The Labute approximate surface area is 130 Å². The van der Waals surface area contributed by atoms with Crippen LogP contribution in [0.5, 0.6) is 0 Å². The first-order valence-corrected chi connectivity index (χ1v) is 7.85. The molecule has 4 nitrogen and oxygen atoms in total. The standard InChI is InChI=1S/C17H21FN2O2/c1-2-22-16-10-15(21)17(16)5-7-20(8-6-17)14-4-3-13(18)9-12(14)11-19/h3-4,9,15-16,21H,2,5-8,10H2,1H3/t15-,16-/m0/s1. The normalized spacial score (nSPS) is 26.5. The van der Waals surface area contributed by atoms with Crippen molar-refractivity contribution in [1.82, 2.24) is 0 Å². The summed E-state index contributed by atoms with van der Waals surface area (Å²) < 4.78 is 19.0. The zero-order valence-corrected chi connectivity index (χ0v) is 12.8. The molecule has 1 spiro atoms. The van der Waals surface area contributed by atoms with Crippen molar-refractivity contribution in [2.24, 2.45) is 5.41 Å². The van der Waals surface area contributed by atoms with Crippen LogP contribution in [0.25, 0.3) is 0 Å². The van der Waals surface area contributed by atoms with E-state index in [-0.39, 0.29) is 23.4 Å². The SMILES string of the molecule is CCO[C@H]1C[C@H](O)C12CCN(c1ccc(F)cc1C#N)CC2. The van der Waals surface area contributed by atoms with Crippen molar-refractivity contribution in [2.45, 2.75) is 38.4 Å². The summed E-state index contributed by atoms with van der Waals surface area (Å²) >= 11 is 0. The molecule has 1 aromatic rings. The highest BCUT2D eigenvalue weighted by Gasteiger charge is 2.56. The number of hydrogen-bond acceptors (Lipinski definition) is 4. The third kappa shape index (κ3) is 2.37. The zero-order chi connectivity index (χ0) is 15.7. The van der Waals surface area contributed by atoms with Gasteiger partial charge in [0.05, 0.1) is 23.5 Å². The fraction of sp³-hybridized carbons (Fsp3) is 0.588. The Kier molecular flexibility index (Phi) is 4.07. The van der Waals surface area contributed by atoms with Gasteiger partial charge >= 0.3 is 0 Å². The Morgan fingerprint density at radius 2 is 2.18 bits per heavy atom. The molecule has 1 saturated carbocycles. The molecule has 2 fully saturated rings. The molecule has 0 bridgehead atoms. The van der Waals surface area contributed by atoms with Crippen LogP contribution in [0.1, 0.15) is 31.7 Å². The van der Waals surface area contributed by atoms with Gasteiger partial charge in [-0.1, -0.05) is 0 Å². The lowest BCUT2D eigenvalue weighted by Gasteiger charge is -2.57. The van der Waals surface area contributed by atoms with E-state index in [2.05, 4.69) is 11.0 Å². The molecule has 0 amide bonds. The Hall–Kier alpha value is -1.64. The first kappa shape index (κ1) is 15.3.